The molecule has 1 aliphatic heterocycles. The van der Waals surface area contributed by atoms with E-state index in [1.807, 2.05) is 0 Å². The Labute approximate surface area is 173 Å². The third kappa shape index (κ3) is 2.86. The van der Waals surface area contributed by atoms with E-state index in [9.17, 15) is 4.79 Å². The summed E-state index contributed by atoms with van der Waals surface area (Å²) in [5.74, 6) is 0.612. The van der Waals surface area contributed by atoms with Crippen molar-refractivity contribution < 1.29 is 4.79 Å². The van der Waals surface area contributed by atoms with Gasteiger partial charge in [-0.2, -0.15) is 0 Å². The highest BCUT2D eigenvalue weighted by molar-refractivity contribution is 5.61. The molecule has 1 aliphatic carbocycles. The molecule has 2 heteroatoms. The molecule has 0 amide bonds. The Morgan fingerprint density at radius 3 is 1.66 bits per heavy atom. The van der Waals surface area contributed by atoms with Crippen LogP contribution in [0.1, 0.15) is 42.4 Å². The SMILES string of the molecule is O=CC1CC2CCC[C@@H]2N1C(c1ccccc1)(c1ccccc1)c1ccccc1. The number of fused-ring (bicyclic) bond motifs is 1. The largest absolute Gasteiger partial charge is 0.302 e. The van der Waals surface area contributed by atoms with Crippen LogP contribution in [-0.2, 0) is 10.3 Å². The van der Waals surface area contributed by atoms with Crippen LogP contribution in [0.15, 0.2) is 91.0 Å². The van der Waals surface area contributed by atoms with Crippen molar-refractivity contribution in [3.05, 3.63) is 108 Å². The Bertz CT molecular complexity index is 857. The Kier molecular flexibility index (Phi) is 4.81. The molecule has 5 rings (SSSR count). The van der Waals surface area contributed by atoms with Crippen LogP contribution in [0, 0.1) is 5.92 Å². The van der Waals surface area contributed by atoms with Crippen molar-refractivity contribution in [1.29, 1.82) is 0 Å². The van der Waals surface area contributed by atoms with Crippen LogP contribution in [0.4, 0.5) is 0 Å². The van der Waals surface area contributed by atoms with Gasteiger partial charge >= 0.3 is 0 Å². The van der Waals surface area contributed by atoms with Crippen molar-refractivity contribution in [2.24, 2.45) is 5.92 Å². The lowest BCUT2D eigenvalue weighted by Gasteiger charge is -2.48. The lowest BCUT2D eigenvalue weighted by Crippen LogP contribution is -2.54. The summed E-state index contributed by atoms with van der Waals surface area (Å²) in [7, 11) is 0. The van der Waals surface area contributed by atoms with Crippen molar-refractivity contribution in [2.45, 2.75) is 43.3 Å². The number of rotatable bonds is 5. The zero-order valence-electron chi connectivity index (χ0n) is 16.7. The van der Waals surface area contributed by atoms with Crippen molar-refractivity contribution in [3.8, 4) is 0 Å². The topological polar surface area (TPSA) is 20.3 Å². The first-order valence-electron chi connectivity index (χ1n) is 10.8. The van der Waals surface area contributed by atoms with Gasteiger partial charge in [-0.1, -0.05) is 97.4 Å². The molecule has 29 heavy (non-hydrogen) atoms. The first-order valence-corrected chi connectivity index (χ1v) is 10.8. The summed E-state index contributed by atoms with van der Waals surface area (Å²) in [4.78, 5) is 14.9. The molecule has 3 aromatic rings. The van der Waals surface area contributed by atoms with Gasteiger partial charge in [-0.05, 0) is 41.9 Å². The average molecular weight is 382 g/mol. The van der Waals surface area contributed by atoms with Gasteiger partial charge in [-0.15, -0.1) is 0 Å². The smallest absolute Gasteiger partial charge is 0.137 e. The molecule has 1 heterocycles. The Balaban J connectivity index is 1.84. The van der Waals surface area contributed by atoms with Crippen LogP contribution in [0.25, 0.3) is 0 Å². The van der Waals surface area contributed by atoms with Crippen LogP contribution in [0.3, 0.4) is 0 Å². The van der Waals surface area contributed by atoms with Crippen molar-refractivity contribution in [3.63, 3.8) is 0 Å². The quantitative estimate of drug-likeness (QED) is 0.434. The molecule has 0 radical (unpaired) electrons. The molecule has 3 atom stereocenters. The molecule has 3 aromatic carbocycles. The second kappa shape index (κ2) is 7.61. The Morgan fingerprint density at radius 2 is 1.21 bits per heavy atom. The molecule has 2 aliphatic rings. The van der Waals surface area contributed by atoms with Gasteiger partial charge in [0.1, 0.15) is 6.29 Å². The predicted octanol–water partition coefficient (Wildman–Crippen LogP) is 5.42. The van der Waals surface area contributed by atoms with Crippen molar-refractivity contribution in [2.75, 3.05) is 0 Å². The van der Waals surface area contributed by atoms with E-state index in [-0.39, 0.29) is 6.04 Å². The van der Waals surface area contributed by atoms with Gasteiger partial charge in [0.05, 0.1) is 11.6 Å². The number of carbonyl (C=O) groups excluding carboxylic acids is 1. The molecular weight excluding hydrogens is 354 g/mol. The minimum atomic E-state index is -0.473. The summed E-state index contributed by atoms with van der Waals surface area (Å²) in [6, 6.07) is 32.7. The van der Waals surface area contributed by atoms with Crippen LogP contribution in [-0.4, -0.2) is 23.3 Å². The molecule has 0 N–H and O–H groups in total. The summed E-state index contributed by atoms with van der Waals surface area (Å²) in [6.45, 7) is 0. The molecule has 146 valence electrons. The van der Waals surface area contributed by atoms with E-state index in [2.05, 4.69) is 95.9 Å². The number of benzene rings is 3. The van der Waals surface area contributed by atoms with E-state index >= 15 is 0 Å². The number of hydrogen-bond donors (Lipinski definition) is 0. The van der Waals surface area contributed by atoms with Crippen molar-refractivity contribution in [1.82, 2.24) is 4.90 Å². The van der Waals surface area contributed by atoms with Crippen LogP contribution in [0.2, 0.25) is 0 Å². The van der Waals surface area contributed by atoms with E-state index < -0.39 is 5.54 Å². The monoisotopic (exact) mass is 381 g/mol. The summed E-state index contributed by atoms with van der Waals surface area (Å²) < 4.78 is 0. The molecule has 1 saturated carbocycles. The molecule has 2 unspecified atom stereocenters. The summed E-state index contributed by atoms with van der Waals surface area (Å²) in [5, 5.41) is 0. The van der Waals surface area contributed by atoms with Gasteiger partial charge < -0.3 is 4.79 Å². The van der Waals surface area contributed by atoms with Crippen LogP contribution in [0.5, 0.6) is 0 Å². The molecule has 2 nitrogen and oxygen atoms in total. The Hall–Kier alpha value is -2.71. The molecule has 2 fully saturated rings. The maximum Gasteiger partial charge on any atom is 0.137 e. The highest BCUT2D eigenvalue weighted by atomic mass is 16.1. The minimum Gasteiger partial charge on any atom is -0.302 e. The van der Waals surface area contributed by atoms with Gasteiger partial charge in [0.25, 0.3) is 0 Å². The first kappa shape index (κ1) is 18.3. The minimum absolute atomic E-state index is 0.0640. The van der Waals surface area contributed by atoms with E-state index in [1.54, 1.807) is 0 Å². The number of carbonyl (C=O) groups is 1. The first-order chi connectivity index (χ1) is 14.4. The predicted molar refractivity (Wildman–Crippen MR) is 117 cm³/mol. The molecular formula is C27H27NO. The van der Waals surface area contributed by atoms with E-state index in [4.69, 9.17) is 0 Å². The standard InChI is InChI=1S/C27H27NO/c29-20-25-19-21-11-10-18-26(21)28(25)27(22-12-4-1-5-13-22,23-14-6-2-7-15-23)24-16-8-3-9-17-24/h1-9,12-17,20-21,25-26H,10-11,18-19H2/t21?,25?,26-/m0/s1. The van der Waals surface area contributed by atoms with Crippen LogP contribution >= 0.6 is 0 Å². The highest BCUT2D eigenvalue weighted by Gasteiger charge is 2.54. The summed E-state index contributed by atoms with van der Waals surface area (Å²) in [6.07, 6.45) is 5.83. The Morgan fingerprint density at radius 1 is 0.724 bits per heavy atom. The maximum absolute atomic E-state index is 12.3. The zero-order valence-corrected chi connectivity index (χ0v) is 16.7. The fraction of sp³-hybridized carbons (Fsp3) is 0.296. The number of hydrogen-bond acceptors (Lipinski definition) is 2. The second-order valence-corrected chi connectivity index (χ2v) is 8.41. The number of nitrogens with zero attached hydrogens (tertiary/aromatic N) is 1. The third-order valence-corrected chi connectivity index (χ3v) is 7.00. The lowest BCUT2D eigenvalue weighted by atomic mass is 9.74. The third-order valence-electron chi connectivity index (χ3n) is 7.00. The average Bonchev–Trinajstić information content (AvgIpc) is 3.39. The van der Waals surface area contributed by atoms with Gasteiger partial charge in [0.2, 0.25) is 0 Å². The molecule has 1 saturated heterocycles. The van der Waals surface area contributed by atoms with E-state index in [1.165, 1.54) is 42.2 Å². The maximum atomic E-state index is 12.3. The van der Waals surface area contributed by atoms with Gasteiger partial charge in [-0.25, -0.2) is 0 Å². The highest BCUT2D eigenvalue weighted by Crippen LogP contribution is 2.52. The second-order valence-electron chi connectivity index (χ2n) is 8.41. The number of aldehydes is 1. The van der Waals surface area contributed by atoms with Gasteiger partial charge in [0.15, 0.2) is 0 Å². The van der Waals surface area contributed by atoms with E-state index in [0.29, 0.717) is 12.0 Å². The molecule has 0 spiro atoms. The zero-order chi connectivity index (χ0) is 19.7. The van der Waals surface area contributed by atoms with Gasteiger partial charge in [0, 0.05) is 6.04 Å². The van der Waals surface area contributed by atoms with Crippen molar-refractivity contribution >= 4 is 6.29 Å². The van der Waals surface area contributed by atoms with Crippen LogP contribution < -0.4 is 0 Å². The fourth-order valence-corrected chi connectivity index (χ4v) is 5.93. The van der Waals surface area contributed by atoms with E-state index in [0.717, 1.165) is 6.42 Å². The number of likely N-dealkylation sites (tertiary alicyclic amines) is 1. The fourth-order valence-electron chi connectivity index (χ4n) is 5.93. The summed E-state index contributed by atoms with van der Waals surface area (Å²) >= 11 is 0. The molecule has 0 bridgehead atoms. The summed E-state index contributed by atoms with van der Waals surface area (Å²) in [5.41, 5.74) is 3.23. The normalized spacial score (nSPS) is 24.3. The lowest BCUT2D eigenvalue weighted by molar-refractivity contribution is -0.113. The molecule has 0 aromatic heterocycles. The van der Waals surface area contributed by atoms with Gasteiger partial charge in [-0.3, -0.25) is 4.90 Å².